The second-order valence-corrected chi connectivity index (χ2v) is 7.46. The van der Waals surface area contributed by atoms with Gasteiger partial charge in [-0.05, 0) is 26.8 Å². The van der Waals surface area contributed by atoms with E-state index in [-0.39, 0.29) is 23.2 Å². The molecule has 0 bridgehead atoms. The molecule has 0 radical (unpaired) electrons. The summed E-state index contributed by atoms with van der Waals surface area (Å²) in [5.74, 6) is 0.772. The Morgan fingerprint density at radius 2 is 2.29 bits per heavy atom. The average molecular weight is 442 g/mol. The van der Waals surface area contributed by atoms with Gasteiger partial charge in [-0.3, -0.25) is 0 Å². The number of halogens is 1. The van der Waals surface area contributed by atoms with Crippen LogP contribution in [-0.4, -0.2) is 39.0 Å². The third-order valence-electron chi connectivity index (χ3n) is 5.21. The number of nitrogen functional groups attached to an aromatic ring is 1. The molecule has 1 aliphatic heterocycles. The molecule has 4 rings (SSSR count). The number of ether oxygens (including phenoxy) is 2. The summed E-state index contributed by atoms with van der Waals surface area (Å²) in [6, 6.07) is 3.40. The van der Waals surface area contributed by atoms with Crippen LogP contribution in [0.1, 0.15) is 48.4 Å². The fourth-order valence-electron chi connectivity index (χ4n) is 3.83. The lowest BCUT2D eigenvalue weighted by atomic mass is 9.95. The molecule has 3 N–H and O–H groups in total. The van der Waals surface area contributed by atoms with Crippen molar-refractivity contribution in [1.29, 1.82) is 5.26 Å². The van der Waals surface area contributed by atoms with Crippen LogP contribution in [0.25, 0.3) is 11.0 Å². The Bertz CT molecular complexity index is 1230. The number of amides is 1. The van der Waals surface area contributed by atoms with Gasteiger partial charge in [0.2, 0.25) is 0 Å². The van der Waals surface area contributed by atoms with Gasteiger partial charge >= 0.3 is 6.09 Å². The number of anilines is 1. The predicted octanol–water partition coefficient (Wildman–Crippen LogP) is 3.03. The van der Waals surface area contributed by atoms with Crippen molar-refractivity contribution in [2.45, 2.75) is 32.9 Å². The molecule has 0 unspecified atom stereocenters. The van der Waals surface area contributed by atoms with Crippen molar-refractivity contribution in [1.82, 2.24) is 25.1 Å². The molecule has 2 atom stereocenters. The van der Waals surface area contributed by atoms with E-state index in [9.17, 15) is 10.1 Å². The van der Waals surface area contributed by atoms with Gasteiger partial charge in [0.15, 0.2) is 11.8 Å². The van der Waals surface area contributed by atoms with Crippen LogP contribution in [0.2, 0.25) is 5.02 Å². The van der Waals surface area contributed by atoms with Gasteiger partial charge in [-0.15, -0.1) is 0 Å². The minimum atomic E-state index is -0.706. The maximum atomic E-state index is 11.7. The van der Waals surface area contributed by atoms with E-state index in [2.05, 4.69) is 26.5 Å². The zero-order valence-electron chi connectivity index (χ0n) is 17.1. The van der Waals surface area contributed by atoms with Crippen molar-refractivity contribution < 1.29 is 14.3 Å². The number of hydrogen-bond donors (Lipinski definition) is 2. The van der Waals surface area contributed by atoms with Crippen LogP contribution in [-0.2, 0) is 4.74 Å². The summed E-state index contributed by atoms with van der Waals surface area (Å²) in [5.41, 5.74) is 8.59. The third kappa shape index (κ3) is 3.37. The van der Waals surface area contributed by atoms with Crippen molar-refractivity contribution in [2.24, 2.45) is 0 Å². The Morgan fingerprint density at radius 1 is 1.52 bits per heavy atom. The van der Waals surface area contributed by atoms with Crippen LogP contribution < -0.4 is 15.8 Å². The number of benzene rings is 1. The molecule has 2 aromatic heterocycles. The second-order valence-electron chi connectivity index (χ2n) is 7.05. The quantitative estimate of drug-likeness (QED) is 0.615. The number of carbonyl (C=O) groups is 1. The molecule has 0 saturated carbocycles. The lowest BCUT2D eigenvalue weighted by Crippen LogP contribution is -2.16. The zero-order valence-corrected chi connectivity index (χ0v) is 17.9. The van der Waals surface area contributed by atoms with E-state index in [0.717, 1.165) is 0 Å². The lowest BCUT2D eigenvalue weighted by Gasteiger charge is -2.23. The first kappa shape index (κ1) is 20.7. The van der Waals surface area contributed by atoms with Crippen molar-refractivity contribution >= 4 is 34.5 Å². The monoisotopic (exact) mass is 441 g/mol. The van der Waals surface area contributed by atoms with Crippen LogP contribution in [0.15, 0.2) is 12.4 Å². The number of nitrogens with two attached hydrogens (primary N) is 1. The highest BCUT2D eigenvalue weighted by molar-refractivity contribution is 6.32. The van der Waals surface area contributed by atoms with Crippen LogP contribution in [0.4, 0.5) is 10.6 Å². The Balaban J connectivity index is 1.95. The molecule has 3 aromatic rings. The van der Waals surface area contributed by atoms with Crippen molar-refractivity contribution in [3.8, 4) is 11.8 Å². The molecule has 10 nitrogen and oxygen atoms in total. The third-order valence-corrected chi connectivity index (χ3v) is 5.51. The fraction of sp³-hybridized carbons (Fsp3) is 0.350. The van der Waals surface area contributed by atoms with Gasteiger partial charge in [-0.25, -0.2) is 19.4 Å². The van der Waals surface area contributed by atoms with E-state index < -0.39 is 12.2 Å². The van der Waals surface area contributed by atoms with E-state index >= 15 is 0 Å². The molecule has 1 fully saturated rings. The molecule has 160 valence electrons. The number of alkyl carbamates (subject to hydrolysis) is 1. The number of nitrogens with one attached hydrogen (secondary N) is 1. The molecule has 3 heterocycles. The van der Waals surface area contributed by atoms with Gasteiger partial charge in [0.1, 0.15) is 24.0 Å². The number of rotatable bonds is 5. The molecule has 1 amide bonds. The minimum Gasteiger partial charge on any atom is -0.493 e. The largest absolute Gasteiger partial charge is 0.493 e. The molecule has 0 spiro atoms. The number of cyclic esters (lactones) is 1. The number of nitriles is 1. The second kappa shape index (κ2) is 7.92. The number of fused-ring (bicyclic) bond motifs is 1. The van der Waals surface area contributed by atoms with Crippen LogP contribution in [0.3, 0.4) is 0 Å². The van der Waals surface area contributed by atoms with Gasteiger partial charge in [-0.2, -0.15) is 10.4 Å². The Hall–Kier alpha value is -3.58. The van der Waals surface area contributed by atoms with Crippen molar-refractivity contribution in [3.05, 3.63) is 39.8 Å². The number of hydrogen-bond acceptors (Lipinski definition) is 8. The molecule has 11 heteroatoms. The molecule has 1 saturated heterocycles. The average Bonchev–Trinajstić information content (AvgIpc) is 3.32. The number of carbonyl (C=O) groups excluding carboxylic acids is 1. The highest BCUT2D eigenvalue weighted by Crippen LogP contribution is 2.43. The maximum absolute atomic E-state index is 11.7. The van der Waals surface area contributed by atoms with Gasteiger partial charge in [0.25, 0.3) is 0 Å². The van der Waals surface area contributed by atoms with Gasteiger partial charge in [-0.1, -0.05) is 11.6 Å². The first-order valence-electron chi connectivity index (χ1n) is 9.66. The summed E-state index contributed by atoms with van der Waals surface area (Å²) in [6.07, 6.45) is 0.112. The normalized spacial score (nSPS) is 16.6. The minimum absolute atomic E-state index is 0.204. The van der Waals surface area contributed by atoms with E-state index in [4.69, 9.17) is 26.8 Å². The summed E-state index contributed by atoms with van der Waals surface area (Å²) in [5, 5.41) is 17.9. The Labute approximate surface area is 182 Å². The first-order chi connectivity index (χ1) is 14.9. The van der Waals surface area contributed by atoms with E-state index in [1.165, 1.54) is 6.33 Å². The molecular weight excluding hydrogens is 422 g/mol. The van der Waals surface area contributed by atoms with E-state index in [1.54, 1.807) is 10.7 Å². The van der Waals surface area contributed by atoms with Crippen LogP contribution in [0, 0.1) is 18.3 Å². The summed E-state index contributed by atoms with van der Waals surface area (Å²) < 4.78 is 13.0. The zero-order chi connectivity index (χ0) is 22.3. The predicted molar refractivity (Wildman–Crippen MR) is 113 cm³/mol. The summed E-state index contributed by atoms with van der Waals surface area (Å²) >= 11 is 6.49. The molecule has 1 aliphatic rings. The van der Waals surface area contributed by atoms with Gasteiger partial charge < -0.3 is 20.5 Å². The van der Waals surface area contributed by atoms with E-state index in [0.29, 0.717) is 46.0 Å². The molecule has 1 aromatic carbocycles. The molecule has 0 aliphatic carbocycles. The van der Waals surface area contributed by atoms with Crippen LogP contribution in [0.5, 0.6) is 5.75 Å². The standard InChI is InChI=1S/C20H20ClN7O3/c1-4-30-17-11(5-13(21)12(6-22)16(17)14-7-24-20(29)31-14)10(3)28-19-15(9(2)27-28)18(23)25-8-26-19/h5,8,10,14H,4,7H2,1-3H3,(H,24,29)(H2,23,25,26)/t10-,14+/m1/s1. The number of aryl methyl sites for hydroxylation is 1. The van der Waals surface area contributed by atoms with E-state index in [1.807, 2.05) is 20.8 Å². The van der Waals surface area contributed by atoms with Crippen LogP contribution >= 0.6 is 11.6 Å². The summed E-state index contributed by atoms with van der Waals surface area (Å²) in [4.78, 5) is 20.1. The van der Waals surface area contributed by atoms with Crippen molar-refractivity contribution in [2.75, 3.05) is 18.9 Å². The summed E-state index contributed by atoms with van der Waals surface area (Å²) in [6.45, 7) is 6.11. The molecular formula is C20H20ClN7O3. The number of aromatic nitrogens is 4. The van der Waals surface area contributed by atoms with Crippen molar-refractivity contribution in [3.63, 3.8) is 0 Å². The Kier molecular flexibility index (Phi) is 5.29. The number of nitrogens with zero attached hydrogens (tertiary/aromatic N) is 5. The SMILES string of the molecule is CCOc1c([C@@H](C)n2nc(C)c3c(N)ncnc32)cc(Cl)c(C#N)c1[C@@H]1CNC(=O)O1. The summed E-state index contributed by atoms with van der Waals surface area (Å²) in [7, 11) is 0. The highest BCUT2D eigenvalue weighted by atomic mass is 35.5. The highest BCUT2D eigenvalue weighted by Gasteiger charge is 2.34. The Morgan fingerprint density at radius 3 is 2.94 bits per heavy atom. The maximum Gasteiger partial charge on any atom is 0.407 e. The first-order valence-corrected chi connectivity index (χ1v) is 10.0. The smallest absolute Gasteiger partial charge is 0.407 e. The topological polar surface area (TPSA) is 141 Å². The van der Waals surface area contributed by atoms with Gasteiger partial charge in [0, 0.05) is 5.56 Å². The fourth-order valence-corrected chi connectivity index (χ4v) is 4.09. The lowest BCUT2D eigenvalue weighted by molar-refractivity contribution is 0.138. The van der Waals surface area contributed by atoms with Gasteiger partial charge in [0.05, 0.1) is 46.4 Å². The molecule has 31 heavy (non-hydrogen) atoms.